The maximum absolute atomic E-state index is 11.6. The molecule has 0 amide bonds. The van der Waals surface area contributed by atoms with Crippen LogP contribution >= 0.6 is 0 Å². The summed E-state index contributed by atoms with van der Waals surface area (Å²) in [4.78, 5) is 34.2. The van der Waals surface area contributed by atoms with Gasteiger partial charge >= 0.3 is 0 Å². The molecule has 0 fully saturated rings. The Hall–Kier alpha value is -1.51. The number of allylic oxidation sites excluding steroid dienone is 4. The van der Waals surface area contributed by atoms with Gasteiger partial charge < -0.3 is 0 Å². The molecule has 0 saturated carbocycles. The van der Waals surface area contributed by atoms with Gasteiger partial charge in [0.15, 0.2) is 17.3 Å². The van der Waals surface area contributed by atoms with Crippen LogP contribution in [0.2, 0.25) is 0 Å². The van der Waals surface area contributed by atoms with Gasteiger partial charge in [0.05, 0.1) is 5.57 Å². The molecule has 0 spiro atoms. The van der Waals surface area contributed by atoms with Gasteiger partial charge in [-0.1, -0.05) is 6.92 Å². The second-order valence-electron chi connectivity index (χ2n) is 3.28. The fourth-order valence-electron chi connectivity index (χ4n) is 1.26. The lowest BCUT2D eigenvalue weighted by atomic mass is 9.89. The van der Waals surface area contributed by atoms with E-state index in [-0.39, 0.29) is 29.3 Å². The van der Waals surface area contributed by atoms with E-state index in [0.717, 1.165) is 6.08 Å². The van der Waals surface area contributed by atoms with Crippen LogP contribution in [-0.4, -0.2) is 17.3 Å². The van der Waals surface area contributed by atoms with Crippen molar-refractivity contribution in [2.24, 2.45) is 0 Å². The van der Waals surface area contributed by atoms with E-state index < -0.39 is 0 Å². The Labute approximate surface area is 82.5 Å². The quantitative estimate of drug-likeness (QED) is 0.490. The van der Waals surface area contributed by atoms with E-state index in [1.54, 1.807) is 20.8 Å². The molecular formula is C11H12O3. The van der Waals surface area contributed by atoms with Gasteiger partial charge in [-0.15, -0.1) is 0 Å². The SMILES string of the molecule is CCC(=O)C1=CC(=O)C(C)=C(C)C1=O. The molecule has 0 heterocycles. The van der Waals surface area contributed by atoms with Crippen molar-refractivity contribution in [3.05, 3.63) is 22.8 Å². The van der Waals surface area contributed by atoms with Gasteiger partial charge in [-0.05, 0) is 13.8 Å². The molecule has 0 aromatic carbocycles. The molecule has 14 heavy (non-hydrogen) atoms. The van der Waals surface area contributed by atoms with Crippen molar-refractivity contribution >= 4 is 17.3 Å². The Morgan fingerprint density at radius 1 is 1.21 bits per heavy atom. The maximum Gasteiger partial charge on any atom is 0.192 e. The largest absolute Gasteiger partial charge is 0.294 e. The fourth-order valence-corrected chi connectivity index (χ4v) is 1.26. The lowest BCUT2D eigenvalue weighted by Gasteiger charge is -2.12. The molecule has 0 radical (unpaired) electrons. The second-order valence-corrected chi connectivity index (χ2v) is 3.28. The van der Waals surface area contributed by atoms with Crippen LogP contribution in [-0.2, 0) is 14.4 Å². The number of Topliss-reactive ketones (excluding diaryl/α,β-unsaturated/α-hetero) is 2. The molecular weight excluding hydrogens is 180 g/mol. The Morgan fingerprint density at radius 3 is 2.29 bits per heavy atom. The molecule has 0 N–H and O–H groups in total. The molecule has 0 aromatic rings. The number of hydrogen-bond donors (Lipinski definition) is 0. The predicted octanol–water partition coefficient (Wildman–Crippen LogP) is 1.38. The van der Waals surface area contributed by atoms with Gasteiger partial charge in [0.1, 0.15) is 0 Å². The van der Waals surface area contributed by atoms with Crippen LogP contribution in [0, 0.1) is 0 Å². The fraction of sp³-hybridized carbons (Fsp3) is 0.364. The molecule has 1 rings (SSSR count). The monoisotopic (exact) mass is 192 g/mol. The molecule has 0 atom stereocenters. The Kier molecular flexibility index (Phi) is 2.79. The smallest absolute Gasteiger partial charge is 0.192 e. The molecule has 0 unspecified atom stereocenters. The third-order valence-corrected chi connectivity index (χ3v) is 2.41. The van der Waals surface area contributed by atoms with Gasteiger partial charge in [0, 0.05) is 23.6 Å². The van der Waals surface area contributed by atoms with Crippen LogP contribution in [0.3, 0.4) is 0 Å². The van der Waals surface area contributed by atoms with Crippen LogP contribution in [0.1, 0.15) is 27.2 Å². The standard InChI is InChI=1S/C11H12O3/c1-4-9(12)8-5-10(13)6(2)7(3)11(8)14/h5H,4H2,1-3H3. The Bertz CT molecular complexity index is 383. The van der Waals surface area contributed by atoms with E-state index in [9.17, 15) is 14.4 Å². The molecule has 74 valence electrons. The Morgan fingerprint density at radius 2 is 1.79 bits per heavy atom. The average Bonchev–Trinajstić information content (AvgIpc) is 2.19. The topological polar surface area (TPSA) is 51.2 Å². The predicted molar refractivity (Wildman–Crippen MR) is 51.8 cm³/mol. The van der Waals surface area contributed by atoms with Crippen LogP contribution in [0.15, 0.2) is 22.8 Å². The first-order valence-electron chi connectivity index (χ1n) is 4.50. The summed E-state index contributed by atoms with van der Waals surface area (Å²) < 4.78 is 0. The molecule has 1 aliphatic carbocycles. The normalized spacial score (nSPS) is 17.2. The van der Waals surface area contributed by atoms with Crippen molar-refractivity contribution < 1.29 is 14.4 Å². The lowest BCUT2D eigenvalue weighted by molar-refractivity contribution is -0.121. The number of carbonyl (C=O) groups is 3. The van der Waals surface area contributed by atoms with Crippen molar-refractivity contribution in [1.29, 1.82) is 0 Å². The number of ketones is 3. The van der Waals surface area contributed by atoms with Gasteiger partial charge in [-0.2, -0.15) is 0 Å². The highest BCUT2D eigenvalue weighted by Crippen LogP contribution is 2.19. The van der Waals surface area contributed by atoms with E-state index in [2.05, 4.69) is 0 Å². The highest BCUT2D eigenvalue weighted by molar-refractivity contribution is 6.33. The molecule has 3 heteroatoms. The summed E-state index contributed by atoms with van der Waals surface area (Å²) in [7, 11) is 0. The van der Waals surface area contributed by atoms with E-state index in [4.69, 9.17) is 0 Å². The number of hydrogen-bond acceptors (Lipinski definition) is 3. The van der Waals surface area contributed by atoms with E-state index in [1.165, 1.54) is 0 Å². The number of rotatable bonds is 2. The van der Waals surface area contributed by atoms with Gasteiger partial charge in [0.2, 0.25) is 0 Å². The minimum atomic E-state index is -0.311. The highest BCUT2D eigenvalue weighted by atomic mass is 16.2. The zero-order valence-electron chi connectivity index (χ0n) is 8.51. The minimum absolute atomic E-state index is 0.0283. The van der Waals surface area contributed by atoms with E-state index in [0.29, 0.717) is 11.1 Å². The van der Waals surface area contributed by atoms with Crippen LogP contribution in [0.4, 0.5) is 0 Å². The van der Waals surface area contributed by atoms with Crippen molar-refractivity contribution in [3.63, 3.8) is 0 Å². The zero-order chi connectivity index (χ0) is 10.9. The van der Waals surface area contributed by atoms with Crippen molar-refractivity contribution in [2.75, 3.05) is 0 Å². The summed E-state index contributed by atoms with van der Waals surface area (Å²) in [6, 6.07) is 0. The van der Waals surface area contributed by atoms with Crippen molar-refractivity contribution in [1.82, 2.24) is 0 Å². The van der Waals surface area contributed by atoms with Crippen molar-refractivity contribution in [3.8, 4) is 0 Å². The van der Waals surface area contributed by atoms with E-state index >= 15 is 0 Å². The average molecular weight is 192 g/mol. The summed E-state index contributed by atoms with van der Waals surface area (Å²) >= 11 is 0. The molecule has 0 bridgehead atoms. The van der Waals surface area contributed by atoms with Crippen LogP contribution in [0.5, 0.6) is 0 Å². The first-order valence-corrected chi connectivity index (χ1v) is 4.50. The number of carbonyl (C=O) groups excluding carboxylic acids is 3. The molecule has 1 aliphatic rings. The van der Waals surface area contributed by atoms with E-state index in [1.807, 2.05) is 0 Å². The third kappa shape index (κ3) is 1.58. The van der Waals surface area contributed by atoms with Gasteiger partial charge in [-0.3, -0.25) is 14.4 Å². The van der Waals surface area contributed by atoms with Crippen LogP contribution in [0.25, 0.3) is 0 Å². The molecule has 3 nitrogen and oxygen atoms in total. The summed E-state index contributed by atoms with van der Waals surface area (Å²) in [5.74, 6) is -0.817. The molecule has 0 saturated heterocycles. The Balaban J connectivity index is 3.16. The first kappa shape index (κ1) is 10.6. The van der Waals surface area contributed by atoms with Crippen LogP contribution < -0.4 is 0 Å². The summed E-state index contributed by atoms with van der Waals surface area (Å²) in [6.45, 7) is 4.84. The molecule has 0 aliphatic heterocycles. The summed E-state index contributed by atoms with van der Waals surface area (Å²) in [5.41, 5.74) is 0.845. The lowest BCUT2D eigenvalue weighted by Crippen LogP contribution is -2.21. The minimum Gasteiger partial charge on any atom is -0.294 e. The highest BCUT2D eigenvalue weighted by Gasteiger charge is 2.26. The van der Waals surface area contributed by atoms with Crippen molar-refractivity contribution in [2.45, 2.75) is 27.2 Å². The summed E-state index contributed by atoms with van der Waals surface area (Å²) in [6.07, 6.45) is 1.40. The van der Waals surface area contributed by atoms with Gasteiger partial charge in [0.25, 0.3) is 0 Å². The van der Waals surface area contributed by atoms with Gasteiger partial charge in [-0.25, -0.2) is 0 Å². The summed E-state index contributed by atoms with van der Waals surface area (Å²) in [5, 5.41) is 0. The third-order valence-electron chi connectivity index (χ3n) is 2.41. The molecule has 0 aromatic heterocycles. The maximum atomic E-state index is 11.6. The first-order chi connectivity index (χ1) is 6.49. The zero-order valence-corrected chi connectivity index (χ0v) is 8.51. The second kappa shape index (κ2) is 3.70.